The minimum atomic E-state index is -2.86. The Morgan fingerprint density at radius 2 is 2.33 bits per heavy atom. The third-order valence-corrected chi connectivity index (χ3v) is 3.61. The Morgan fingerprint density at radius 1 is 1.60 bits per heavy atom. The van der Waals surface area contributed by atoms with Crippen LogP contribution in [0.5, 0.6) is 0 Å². The van der Waals surface area contributed by atoms with E-state index >= 15 is 0 Å². The van der Waals surface area contributed by atoms with Gasteiger partial charge in [0.2, 0.25) is 0 Å². The monoisotopic (exact) mass is 249 g/mol. The first-order chi connectivity index (χ1) is 7.03. The average molecular weight is 249 g/mol. The van der Waals surface area contributed by atoms with Crippen LogP contribution in [0.15, 0.2) is 6.20 Å². The molecule has 0 aliphatic rings. The van der Waals surface area contributed by atoms with Gasteiger partial charge < -0.3 is 5.32 Å². The van der Waals surface area contributed by atoms with Crippen molar-refractivity contribution in [3.05, 3.63) is 11.9 Å². The van der Waals surface area contributed by atoms with E-state index in [1.165, 1.54) is 6.26 Å². The van der Waals surface area contributed by atoms with Gasteiger partial charge in [0.15, 0.2) is 0 Å². The van der Waals surface area contributed by atoms with Gasteiger partial charge in [0.1, 0.15) is 9.84 Å². The lowest BCUT2D eigenvalue weighted by Crippen LogP contribution is -2.17. The molecule has 1 unspecified atom stereocenters. The van der Waals surface area contributed by atoms with E-state index in [-0.39, 0.29) is 11.8 Å². The summed E-state index contributed by atoms with van der Waals surface area (Å²) >= 11 is 1.16. The van der Waals surface area contributed by atoms with Crippen molar-refractivity contribution in [1.29, 1.82) is 0 Å². The Morgan fingerprint density at radius 3 is 2.80 bits per heavy atom. The van der Waals surface area contributed by atoms with Gasteiger partial charge in [-0.1, -0.05) is 0 Å². The van der Waals surface area contributed by atoms with Crippen LogP contribution in [0, 0.1) is 0 Å². The van der Waals surface area contributed by atoms with Crippen LogP contribution in [0.3, 0.4) is 0 Å². The number of rotatable bonds is 6. The van der Waals surface area contributed by atoms with Gasteiger partial charge in [-0.2, -0.15) is 8.75 Å². The minimum absolute atomic E-state index is 0.102. The first-order valence-corrected chi connectivity index (χ1v) is 7.44. The largest absolute Gasteiger partial charge is 0.312 e. The first-order valence-electron chi connectivity index (χ1n) is 4.65. The molecule has 86 valence electrons. The highest BCUT2D eigenvalue weighted by Gasteiger charge is 2.12. The van der Waals surface area contributed by atoms with Gasteiger partial charge in [-0.3, -0.25) is 0 Å². The molecule has 0 fully saturated rings. The quantitative estimate of drug-likeness (QED) is 0.800. The maximum atomic E-state index is 10.9. The van der Waals surface area contributed by atoms with Gasteiger partial charge in [0.25, 0.3) is 0 Å². The Labute approximate surface area is 94.2 Å². The van der Waals surface area contributed by atoms with Crippen LogP contribution < -0.4 is 5.32 Å². The van der Waals surface area contributed by atoms with Crippen LogP contribution in [-0.2, 0) is 9.84 Å². The van der Waals surface area contributed by atoms with Crippen molar-refractivity contribution in [3.8, 4) is 0 Å². The summed E-state index contributed by atoms with van der Waals surface area (Å²) in [5, 5.41) is 3.10. The molecule has 0 aliphatic carbocycles. The number of hydrogen-bond donors (Lipinski definition) is 1. The summed E-state index contributed by atoms with van der Waals surface area (Å²) in [6, 6.07) is 0.102. The van der Waals surface area contributed by atoms with E-state index in [0.29, 0.717) is 6.42 Å². The van der Waals surface area contributed by atoms with Gasteiger partial charge in [-0.25, -0.2) is 8.42 Å². The fourth-order valence-electron chi connectivity index (χ4n) is 1.32. The normalized spacial score (nSPS) is 14.0. The molecule has 0 aliphatic heterocycles. The second-order valence-electron chi connectivity index (χ2n) is 3.45. The fourth-order valence-corrected chi connectivity index (χ4v) is 2.48. The van der Waals surface area contributed by atoms with Crippen LogP contribution >= 0.6 is 11.7 Å². The van der Waals surface area contributed by atoms with Crippen molar-refractivity contribution in [2.45, 2.75) is 18.9 Å². The molecule has 1 N–H and O–H groups in total. The van der Waals surface area contributed by atoms with Gasteiger partial charge >= 0.3 is 0 Å². The van der Waals surface area contributed by atoms with E-state index < -0.39 is 9.84 Å². The van der Waals surface area contributed by atoms with Crippen molar-refractivity contribution in [1.82, 2.24) is 14.1 Å². The van der Waals surface area contributed by atoms with E-state index in [1.807, 2.05) is 7.05 Å². The lowest BCUT2D eigenvalue weighted by atomic mass is 10.1. The zero-order valence-electron chi connectivity index (χ0n) is 8.80. The molecule has 15 heavy (non-hydrogen) atoms. The molecule has 0 saturated heterocycles. The van der Waals surface area contributed by atoms with E-state index in [2.05, 4.69) is 14.1 Å². The number of nitrogens with zero attached hydrogens (tertiary/aromatic N) is 2. The Hall–Kier alpha value is -0.530. The Bertz CT molecular complexity index is 375. The predicted molar refractivity (Wildman–Crippen MR) is 60.7 cm³/mol. The number of aromatic nitrogens is 2. The molecule has 0 aromatic carbocycles. The highest BCUT2D eigenvalue weighted by Crippen LogP contribution is 2.16. The predicted octanol–water partition coefficient (Wildman–Crippen LogP) is 0.623. The molecule has 5 nitrogen and oxygen atoms in total. The summed E-state index contributed by atoms with van der Waals surface area (Å²) in [5.41, 5.74) is 0.885. The summed E-state index contributed by atoms with van der Waals surface area (Å²) in [7, 11) is -1.02. The van der Waals surface area contributed by atoms with E-state index in [9.17, 15) is 8.42 Å². The molecule has 1 heterocycles. The second-order valence-corrected chi connectivity index (χ2v) is 6.26. The topological polar surface area (TPSA) is 72.0 Å². The average Bonchev–Trinajstić information content (AvgIpc) is 2.63. The Balaban J connectivity index is 2.42. The molecule has 0 bridgehead atoms. The summed E-state index contributed by atoms with van der Waals surface area (Å²) in [5.74, 6) is 0.225. The SMILES string of the molecule is CNC(CCCS(C)(=O)=O)c1cnsn1. The molecule has 0 saturated carbocycles. The number of sulfone groups is 1. The van der Waals surface area contributed by atoms with Crippen molar-refractivity contribution < 1.29 is 8.42 Å². The second kappa shape index (κ2) is 5.53. The first kappa shape index (κ1) is 12.5. The lowest BCUT2D eigenvalue weighted by Gasteiger charge is -2.12. The summed E-state index contributed by atoms with van der Waals surface area (Å²) < 4.78 is 29.9. The third kappa shape index (κ3) is 4.67. The standard InChI is InChI=1S/C8H15N3O2S2/c1-9-7(8-6-10-14-11-8)4-3-5-15(2,12)13/h6-7,9H,3-5H2,1-2H3. The van der Waals surface area contributed by atoms with Crippen LogP contribution in [0.2, 0.25) is 0 Å². The van der Waals surface area contributed by atoms with Crippen molar-refractivity contribution in [2.75, 3.05) is 19.1 Å². The summed E-state index contributed by atoms with van der Waals surface area (Å²) in [4.78, 5) is 0. The van der Waals surface area contributed by atoms with Crippen LogP contribution in [-0.4, -0.2) is 36.2 Å². The summed E-state index contributed by atoms with van der Waals surface area (Å²) in [6.45, 7) is 0. The van der Waals surface area contributed by atoms with E-state index in [4.69, 9.17) is 0 Å². The maximum Gasteiger partial charge on any atom is 0.147 e. The molecule has 1 rings (SSSR count). The van der Waals surface area contributed by atoms with Gasteiger partial charge in [-0.05, 0) is 19.9 Å². The highest BCUT2D eigenvalue weighted by atomic mass is 32.2. The van der Waals surface area contributed by atoms with Crippen LogP contribution in [0.1, 0.15) is 24.6 Å². The molecule has 0 spiro atoms. The molecular weight excluding hydrogens is 234 g/mol. The van der Waals surface area contributed by atoms with Gasteiger partial charge in [-0.15, -0.1) is 0 Å². The van der Waals surface area contributed by atoms with Crippen LogP contribution in [0.4, 0.5) is 0 Å². The highest BCUT2D eigenvalue weighted by molar-refractivity contribution is 7.90. The van der Waals surface area contributed by atoms with Gasteiger partial charge in [0, 0.05) is 12.0 Å². The van der Waals surface area contributed by atoms with E-state index in [0.717, 1.165) is 23.8 Å². The zero-order chi connectivity index (χ0) is 11.3. The molecule has 1 atom stereocenters. The Kier molecular flexibility index (Phi) is 4.62. The lowest BCUT2D eigenvalue weighted by molar-refractivity contribution is 0.528. The van der Waals surface area contributed by atoms with Crippen molar-refractivity contribution in [2.24, 2.45) is 0 Å². The smallest absolute Gasteiger partial charge is 0.147 e. The van der Waals surface area contributed by atoms with Gasteiger partial charge in [0.05, 0.1) is 29.7 Å². The van der Waals surface area contributed by atoms with Crippen molar-refractivity contribution >= 4 is 21.6 Å². The van der Waals surface area contributed by atoms with Crippen LogP contribution in [0.25, 0.3) is 0 Å². The fraction of sp³-hybridized carbons (Fsp3) is 0.750. The molecule has 0 radical (unpaired) electrons. The molecule has 1 aromatic heterocycles. The maximum absolute atomic E-state index is 10.9. The number of nitrogens with one attached hydrogen (secondary N) is 1. The molecular formula is C8H15N3O2S2. The minimum Gasteiger partial charge on any atom is -0.312 e. The van der Waals surface area contributed by atoms with Crippen molar-refractivity contribution in [3.63, 3.8) is 0 Å². The molecule has 0 amide bonds. The third-order valence-electron chi connectivity index (χ3n) is 2.09. The summed E-state index contributed by atoms with van der Waals surface area (Å²) in [6.07, 6.45) is 4.37. The molecule has 1 aromatic rings. The zero-order valence-corrected chi connectivity index (χ0v) is 10.4. The van der Waals surface area contributed by atoms with E-state index in [1.54, 1.807) is 6.20 Å². The molecule has 7 heteroatoms. The number of hydrogen-bond acceptors (Lipinski definition) is 6.